The van der Waals surface area contributed by atoms with E-state index in [-0.39, 0.29) is 12.4 Å². The molecule has 2 aliphatic rings. The molecule has 1 saturated heterocycles. The van der Waals surface area contributed by atoms with Crippen molar-refractivity contribution < 1.29 is 22.4 Å². The van der Waals surface area contributed by atoms with E-state index in [0.29, 0.717) is 17.1 Å². The third kappa shape index (κ3) is 4.64. The summed E-state index contributed by atoms with van der Waals surface area (Å²) in [5.74, 6) is 1.19. The number of likely N-dealkylation sites (tertiary alicyclic amines) is 1. The van der Waals surface area contributed by atoms with Crippen LogP contribution < -0.4 is 17.3 Å². The van der Waals surface area contributed by atoms with Crippen LogP contribution in [0.4, 0.5) is 0 Å². The van der Waals surface area contributed by atoms with Crippen molar-refractivity contribution >= 4 is 0 Å². The number of nitrogens with one attached hydrogen (secondary N) is 1. The van der Waals surface area contributed by atoms with Gasteiger partial charge in [-0.3, -0.25) is 0 Å². The lowest BCUT2D eigenvalue weighted by molar-refractivity contribution is -0.912. The highest BCUT2D eigenvalue weighted by Gasteiger charge is 2.29. The van der Waals surface area contributed by atoms with Gasteiger partial charge in [0.15, 0.2) is 0 Å². The highest BCUT2D eigenvalue weighted by atomic mass is 35.5. The lowest BCUT2D eigenvalue weighted by atomic mass is 9.80. The Balaban J connectivity index is 0.00000192. The number of benzene rings is 1. The molecule has 130 valence electrons. The second-order valence-corrected chi connectivity index (χ2v) is 8.27. The van der Waals surface area contributed by atoms with Gasteiger partial charge in [0.1, 0.15) is 5.75 Å². The van der Waals surface area contributed by atoms with Gasteiger partial charge in [0.25, 0.3) is 0 Å². The number of piperidine rings is 1. The summed E-state index contributed by atoms with van der Waals surface area (Å²) in [6.07, 6.45) is 9.00. The molecule has 2 N–H and O–H groups in total. The van der Waals surface area contributed by atoms with Gasteiger partial charge in [0, 0.05) is 5.41 Å². The lowest BCUT2D eigenvalue weighted by Gasteiger charge is -2.35. The minimum atomic E-state index is 0. The fraction of sp³-hybridized carbons (Fsp3) is 0.700. The maximum atomic E-state index is 10.1. The maximum absolute atomic E-state index is 10.1. The van der Waals surface area contributed by atoms with Crippen LogP contribution in [-0.4, -0.2) is 24.7 Å². The van der Waals surface area contributed by atoms with Crippen LogP contribution in [0.1, 0.15) is 69.4 Å². The first-order chi connectivity index (χ1) is 10.6. The molecule has 2 unspecified atom stereocenters. The molecule has 2 atom stereocenters. The van der Waals surface area contributed by atoms with Crippen LogP contribution in [0.25, 0.3) is 0 Å². The van der Waals surface area contributed by atoms with E-state index in [1.807, 2.05) is 17.0 Å². The zero-order chi connectivity index (χ0) is 15.6. The van der Waals surface area contributed by atoms with Crippen LogP contribution in [-0.2, 0) is 6.42 Å². The van der Waals surface area contributed by atoms with E-state index in [0.717, 1.165) is 6.42 Å². The van der Waals surface area contributed by atoms with E-state index in [2.05, 4.69) is 19.9 Å². The van der Waals surface area contributed by atoms with Crippen molar-refractivity contribution in [3.8, 4) is 5.75 Å². The summed E-state index contributed by atoms with van der Waals surface area (Å²) in [6, 6.07) is 6.11. The number of hydrogen-bond acceptors (Lipinski definition) is 1. The molecule has 0 spiro atoms. The number of fused-ring (bicyclic) bond motifs is 1. The van der Waals surface area contributed by atoms with E-state index in [9.17, 15) is 5.11 Å². The predicted octanol–water partition coefficient (Wildman–Crippen LogP) is 0.301. The average Bonchev–Trinajstić information content (AvgIpc) is 2.47. The summed E-state index contributed by atoms with van der Waals surface area (Å²) in [5, 5.41) is 10.1. The summed E-state index contributed by atoms with van der Waals surface area (Å²) < 4.78 is 0. The number of phenols is 1. The molecule has 1 heterocycles. The van der Waals surface area contributed by atoms with E-state index >= 15 is 0 Å². The molecule has 1 aromatic rings. The van der Waals surface area contributed by atoms with Gasteiger partial charge >= 0.3 is 0 Å². The van der Waals surface area contributed by atoms with Gasteiger partial charge in [0.05, 0.1) is 19.6 Å². The first-order valence-electron chi connectivity index (χ1n) is 9.19. The second-order valence-electron chi connectivity index (χ2n) is 8.27. The maximum Gasteiger partial charge on any atom is 0.119 e. The van der Waals surface area contributed by atoms with Crippen LogP contribution in [0.5, 0.6) is 5.75 Å². The molecule has 23 heavy (non-hydrogen) atoms. The number of phenolic OH excluding ortho intramolecular Hbond substituents is 1. The third-order valence-corrected chi connectivity index (χ3v) is 5.80. The predicted molar refractivity (Wildman–Crippen MR) is 91.6 cm³/mol. The highest BCUT2D eigenvalue weighted by Crippen LogP contribution is 2.38. The van der Waals surface area contributed by atoms with Crippen molar-refractivity contribution in [1.29, 1.82) is 0 Å². The molecule has 0 amide bonds. The monoisotopic (exact) mass is 337 g/mol. The number of halogens is 1. The zero-order valence-electron chi connectivity index (χ0n) is 14.7. The molecular weight excluding hydrogens is 306 g/mol. The first-order valence-corrected chi connectivity index (χ1v) is 9.19. The molecule has 1 aromatic carbocycles. The van der Waals surface area contributed by atoms with Crippen molar-refractivity contribution in [3.05, 3.63) is 29.3 Å². The third-order valence-electron chi connectivity index (χ3n) is 5.80. The van der Waals surface area contributed by atoms with Crippen molar-refractivity contribution in [2.75, 3.05) is 19.6 Å². The van der Waals surface area contributed by atoms with Crippen LogP contribution in [0.3, 0.4) is 0 Å². The Kier molecular flexibility index (Phi) is 6.39. The SMILES string of the molecule is CC1(C)CCC[NH+](CCCC2CCCc3c(O)cccc32)C1.[Cl-]. The summed E-state index contributed by atoms with van der Waals surface area (Å²) in [6.45, 7) is 8.88. The summed E-state index contributed by atoms with van der Waals surface area (Å²) in [5.41, 5.74) is 3.20. The Morgan fingerprint density at radius 3 is 2.87 bits per heavy atom. The number of aromatic hydroxyl groups is 1. The molecule has 1 fully saturated rings. The number of rotatable bonds is 4. The Bertz CT molecular complexity index is 514. The number of hydrogen-bond donors (Lipinski definition) is 2. The minimum absolute atomic E-state index is 0. The fourth-order valence-corrected chi connectivity index (χ4v) is 4.71. The van der Waals surface area contributed by atoms with Crippen molar-refractivity contribution in [2.24, 2.45) is 5.41 Å². The quantitative estimate of drug-likeness (QED) is 0.811. The molecule has 1 aliphatic carbocycles. The van der Waals surface area contributed by atoms with Crippen molar-refractivity contribution in [3.63, 3.8) is 0 Å². The molecule has 0 aromatic heterocycles. The van der Waals surface area contributed by atoms with Gasteiger partial charge in [-0.15, -0.1) is 0 Å². The van der Waals surface area contributed by atoms with Gasteiger partial charge in [-0.05, 0) is 68.1 Å². The molecular formula is C20H32ClNO. The molecule has 2 nitrogen and oxygen atoms in total. The van der Waals surface area contributed by atoms with E-state index in [1.54, 1.807) is 0 Å². The van der Waals surface area contributed by atoms with E-state index in [1.165, 1.54) is 69.3 Å². The molecule has 3 rings (SSSR count). The van der Waals surface area contributed by atoms with Crippen LogP contribution >= 0.6 is 0 Å². The van der Waals surface area contributed by atoms with Crippen LogP contribution in [0.15, 0.2) is 18.2 Å². The zero-order valence-corrected chi connectivity index (χ0v) is 15.5. The smallest absolute Gasteiger partial charge is 0.119 e. The van der Waals surface area contributed by atoms with Gasteiger partial charge in [-0.25, -0.2) is 0 Å². The Labute approximate surface area is 147 Å². The molecule has 3 heteroatoms. The highest BCUT2D eigenvalue weighted by molar-refractivity contribution is 5.42. The van der Waals surface area contributed by atoms with Gasteiger partial charge in [-0.2, -0.15) is 0 Å². The van der Waals surface area contributed by atoms with Crippen LogP contribution in [0, 0.1) is 5.41 Å². The summed E-state index contributed by atoms with van der Waals surface area (Å²) >= 11 is 0. The largest absolute Gasteiger partial charge is 1.00 e. The minimum Gasteiger partial charge on any atom is -1.00 e. The molecule has 0 saturated carbocycles. The Morgan fingerprint density at radius 1 is 1.26 bits per heavy atom. The molecule has 0 radical (unpaired) electrons. The van der Waals surface area contributed by atoms with Crippen molar-refractivity contribution in [1.82, 2.24) is 0 Å². The molecule has 0 bridgehead atoms. The van der Waals surface area contributed by atoms with Gasteiger partial charge in [0.2, 0.25) is 0 Å². The second kappa shape index (κ2) is 7.90. The Morgan fingerprint density at radius 2 is 2.09 bits per heavy atom. The van der Waals surface area contributed by atoms with Crippen LogP contribution in [0.2, 0.25) is 0 Å². The van der Waals surface area contributed by atoms with Crippen molar-refractivity contribution in [2.45, 2.75) is 64.7 Å². The first kappa shape index (κ1) is 18.6. The topological polar surface area (TPSA) is 24.7 Å². The van der Waals surface area contributed by atoms with Gasteiger partial charge in [-0.1, -0.05) is 26.0 Å². The number of quaternary nitrogens is 1. The normalized spacial score (nSPS) is 26.2. The summed E-state index contributed by atoms with van der Waals surface area (Å²) in [7, 11) is 0. The average molecular weight is 338 g/mol. The van der Waals surface area contributed by atoms with Gasteiger partial charge < -0.3 is 22.4 Å². The van der Waals surface area contributed by atoms with E-state index in [4.69, 9.17) is 0 Å². The van der Waals surface area contributed by atoms with E-state index < -0.39 is 0 Å². The lowest BCUT2D eigenvalue weighted by Crippen LogP contribution is -3.14. The summed E-state index contributed by atoms with van der Waals surface area (Å²) in [4.78, 5) is 1.81. The fourth-order valence-electron chi connectivity index (χ4n) is 4.71. The standard InChI is InChI=1S/C20H31NO.ClH/c1-20(2)12-6-14-21(15-20)13-5-8-16-7-3-10-18-17(16)9-4-11-19(18)22;/h4,9,11,16,22H,3,5-8,10,12-15H2,1-2H3;1H. The Hall–Kier alpha value is -0.730. The molecule has 1 aliphatic heterocycles.